The lowest BCUT2D eigenvalue weighted by Crippen LogP contribution is -2.26. The third-order valence-corrected chi connectivity index (χ3v) is 5.23. The van der Waals surface area contributed by atoms with Crippen LogP contribution in [0.4, 0.5) is 0 Å². The Balaban J connectivity index is 1.56. The Morgan fingerprint density at radius 1 is 0.765 bits per heavy atom. The Hall–Kier alpha value is -3.97. The van der Waals surface area contributed by atoms with Crippen LogP contribution in [0.3, 0.4) is 0 Å². The molecule has 3 aromatic carbocycles. The number of hydrogen-bond acceptors (Lipinski definition) is 5. The van der Waals surface area contributed by atoms with Crippen LogP contribution in [0.2, 0.25) is 0 Å². The van der Waals surface area contributed by atoms with E-state index in [4.69, 9.17) is 14.7 Å². The predicted octanol–water partition coefficient (Wildman–Crippen LogP) is 4.32. The summed E-state index contributed by atoms with van der Waals surface area (Å²) in [5.41, 5.74) is 5.16. The van der Waals surface area contributed by atoms with Gasteiger partial charge in [-0.15, -0.1) is 0 Å². The second-order valence-electron chi connectivity index (χ2n) is 7.83. The van der Waals surface area contributed by atoms with Crippen molar-refractivity contribution in [1.29, 1.82) is 0 Å². The van der Waals surface area contributed by atoms with Crippen molar-refractivity contribution in [3.8, 4) is 0 Å². The van der Waals surface area contributed by atoms with Crippen molar-refractivity contribution in [3.63, 3.8) is 0 Å². The molecule has 1 unspecified atom stereocenters. The van der Waals surface area contributed by atoms with Gasteiger partial charge < -0.3 is 9.84 Å². The fourth-order valence-corrected chi connectivity index (χ4v) is 3.35. The van der Waals surface area contributed by atoms with Crippen molar-refractivity contribution < 1.29 is 29.1 Å². The SMILES string of the molecule is O=C(CCC(Cc1ccc(C(=O)O)cc1)C(=O)OCc1ccccc1)NOCc1ccccc1. The second-order valence-corrected chi connectivity index (χ2v) is 7.83. The third kappa shape index (κ3) is 8.18. The van der Waals surface area contributed by atoms with Crippen LogP contribution in [0.25, 0.3) is 0 Å². The van der Waals surface area contributed by atoms with Crippen molar-refractivity contribution in [2.24, 2.45) is 5.92 Å². The monoisotopic (exact) mass is 461 g/mol. The van der Waals surface area contributed by atoms with Gasteiger partial charge in [-0.3, -0.25) is 14.4 Å². The second kappa shape index (κ2) is 12.9. The highest BCUT2D eigenvalue weighted by molar-refractivity contribution is 5.87. The number of benzene rings is 3. The first-order valence-corrected chi connectivity index (χ1v) is 11.0. The smallest absolute Gasteiger partial charge is 0.335 e. The van der Waals surface area contributed by atoms with E-state index in [0.29, 0.717) is 6.42 Å². The molecule has 7 heteroatoms. The Morgan fingerprint density at radius 2 is 1.35 bits per heavy atom. The summed E-state index contributed by atoms with van der Waals surface area (Å²) in [5.74, 6) is -2.33. The molecular weight excluding hydrogens is 434 g/mol. The number of carbonyl (C=O) groups is 3. The van der Waals surface area contributed by atoms with Gasteiger partial charge in [0.25, 0.3) is 0 Å². The first-order valence-electron chi connectivity index (χ1n) is 11.0. The number of carbonyl (C=O) groups excluding carboxylic acids is 2. The molecule has 0 radical (unpaired) electrons. The molecular formula is C27H27NO6. The minimum Gasteiger partial charge on any atom is -0.478 e. The number of carboxylic acid groups (broad SMARTS) is 1. The lowest BCUT2D eigenvalue weighted by atomic mass is 9.94. The van der Waals surface area contributed by atoms with Gasteiger partial charge in [-0.2, -0.15) is 0 Å². The zero-order chi connectivity index (χ0) is 24.2. The molecule has 0 aromatic heterocycles. The molecule has 0 bridgehead atoms. The van der Waals surface area contributed by atoms with E-state index in [1.165, 1.54) is 12.1 Å². The summed E-state index contributed by atoms with van der Waals surface area (Å²) in [5, 5.41) is 9.08. The Kier molecular flexibility index (Phi) is 9.37. The number of ether oxygens (including phenoxy) is 1. The van der Waals surface area contributed by atoms with E-state index in [0.717, 1.165) is 16.7 Å². The van der Waals surface area contributed by atoms with Crippen molar-refractivity contribution in [1.82, 2.24) is 5.48 Å². The number of hydroxylamine groups is 1. The Morgan fingerprint density at radius 3 is 1.94 bits per heavy atom. The number of esters is 1. The van der Waals surface area contributed by atoms with Crippen molar-refractivity contribution in [2.45, 2.75) is 32.5 Å². The van der Waals surface area contributed by atoms with Crippen LogP contribution in [-0.2, 0) is 38.8 Å². The van der Waals surface area contributed by atoms with Crippen molar-refractivity contribution in [3.05, 3.63) is 107 Å². The number of carboxylic acids is 1. The standard InChI is InChI=1S/C27H27NO6/c29-25(28-34-19-22-9-5-2-6-10-22)16-15-24(17-20-11-13-23(14-12-20)26(30)31)27(32)33-18-21-7-3-1-4-8-21/h1-14,24H,15-19H2,(H,28,29)(H,30,31). The van der Waals surface area contributed by atoms with E-state index in [9.17, 15) is 14.4 Å². The number of nitrogens with one attached hydrogen (secondary N) is 1. The average molecular weight is 462 g/mol. The van der Waals surface area contributed by atoms with Gasteiger partial charge in [-0.25, -0.2) is 10.3 Å². The lowest BCUT2D eigenvalue weighted by molar-refractivity contribution is -0.150. The van der Waals surface area contributed by atoms with Gasteiger partial charge in [0.2, 0.25) is 5.91 Å². The highest BCUT2D eigenvalue weighted by Crippen LogP contribution is 2.18. The van der Waals surface area contributed by atoms with Gasteiger partial charge in [0.15, 0.2) is 0 Å². The minimum absolute atomic E-state index is 0.0765. The summed E-state index contributed by atoms with van der Waals surface area (Å²) >= 11 is 0. The minimum atomic E-state index is -1.02. The molecule has 0 heterocycles. The molecule has 0 aliphatic rings. The summed E-state index contributed by atoms with van der Waals surface area (Å²) in [7, 11) is 0. The first kappa shape index (κ1) is 24.7. The summed E-state index contributed by atoms with van der Waals surface area (Å²) in [6, 6.07) is 25.1. The molecule has 1 amide bonds. The van der Waals surface area contributed by atoms with E-state index in [1.807, 2.05) is 60.7 Å². The maximum Gasteiger partial charge on any atom is 0.335 e. The molecule has 176 valence electrons. The molecule has 0 aliphatic heterocycles. The molecule has 7 nitrogen and oxygen atoms in total. The summed E-state index contributed by atoms with van der Waals surface area (Å²) < 4.78 is 5.50. The summed E-state index contributed by atoms with van der Waals surface area (Å²) in [6.07, 6.45) is 0.660. The Bertz CT molecular complexity index is 1070. The van der Waals surface area contributed by atoms with Gasteiger partial charge in [0.05, 0.1) is 18.1 Å². The van der Waals surface area contributed by atoms with E-state index < -0.39 is 17.9 Å². The topological polar surface area (TPSA) is 102 Å². The first-order chi connectivity index (χ1) is 16.5. The molecule has 3 rings (SSSR count). The molecule has 0 aliphatic carbocycles. The van der Waals surface area contributed by atoms with E-state index in [-0.39, 0.29) is 37.5 Å². The largest absolute Gasteiger partial charge is 0.478 e. The maximum atomic E-state index is 12.8. The number of rotatable bonds is 12. The van der Waals surface area contributed by atoms with Crippen LogP contribution in [0.1, 0.15) is 39.9 Å². The van der Waals surface area contributed by atoms with Crippen LogP contribution < -0.4 is 5.48 Å². The third-order valence-electron chi connectivity index (χ3n) is 5.23. The molecule has 0 saturated carbocycles. The average Bonchev–Trinajstić information content (AvgIpc) is 2.86. The summed E-state index contributed by atoms with van der Waals surface area (Å²) in [6.45, 7) is 0.381. The number of hydrogen-bond donors (Lipinski definition) is 2. The molecule has 3 aromatic rings. The quantitative estimate of drug-likeness (QED) is 0.308. The normalized spacial score (nSPS) is 11.4. The van der Waals surface area contributed by atoms with Crippen molar-refractivity contribution >= 4 is 17.8 Å². The number of aromatic carboxylic acids is 1. The molecule has 0 saturated heterocycles. The van der Waals surface area contributed by atoms with Crippen LogP contribution in [0.5, 0.6) is 0 Å². The number of amides is 1. The van der Waals surface area contributed by atoms with Gasteiger partial charge in [0, 0.05) is 6.42 Å². The van der Waals surface area contributed by atoms with E-state index in [1.54, 1.807) is 12.1 Å². The Labute approximate surface area is 198 Å². The van der Waals surface area contributed by atoms with Crippen LogP contribution >= 0.6 is 0 Å². The highest BCUT2D eigenvalue weighted by atomic mass is 16.6. The van der Waals surface area contributed by atoms with E-state index >= 15 is 0 Å². The predicted molar refractivity (Wildman–Crippen MR) is 125 cm³/mol. The highest BCUT2D eigenvalue weighted by Gasteiger charge is 2.22. The maximum absolute atomic E-state index is 12.8. The lowest BCUT2D eigenvalue weighted by Gasteiger charge is -2.16. The van der Waals surface area contributed by atoms with Gasteiger partial charge in [-0.1, -0.05) is 72.8 Å². The molecule has 0 spiro atoms. The van der Waals surface area contributed by atoms with Gasteiger partial charge in [0.1, 0.15) is 6.61 Å². The summed E-state index contributed by atoms with van der Waals surface area (Å²) in [4.78, 5) is 41.4. The molecule has 2 N–H and O–H groups in total. The zero-order valence-corrected chi connectivity index (χ0v) is 18.7. The van der Waals surface area contributed by atoms with Gasteiger partial charge >= 0.3 is 11.9 Å². The fraction of sp³-hybridized carbons (Fsp3) is 0.222. The molecule has 34 heavy (non-hydrogen) atoms. The fourth-order valence-electron chi connectivity index (χ4n) is 3.35. The van der Waals surface area contributed by atoms with Crippen LogP contribution in [0.15, 0.2) is 84.9 Å². The molecule has 1 atom stereocenters. The van der Waals surface area contributed by atoms with Crippen molar-refractivity contribution in [2.75, 3.05) is 0 Å². The zero-order valence-electron chi connectivity index (χ0n) is 18.7. The van der Waals surface area contributed by atoms with Gasteiger partial charge in [-0.05, 0) is 41.7 Å². The van der Waals surface area contributed by atoms with Crippen LogP contribution in [0, 0.1) is 5.92 Å². The molecule has 0 fully saturated rings. The van der Waals surface area contributed by atoms with Crippen LogP contribution in [-0.4, -0.2) is 23.0 Å². The van der Waals surface area contributed by atoms with E-state index in [2.05, 4.69) is 5.48 Å².